The number of nitrogens with zero attached hydrogens (tertiary/aromatic N) is 2. The Morgan fingerprint density at radius 2 is 2.44 bits per heavy atom. The fraction of sp³-hybridized carbons (Fsp3) is 0.643. The summed E-state index contributed by atoms with van der Waals surface area (Å²) in [7, 11) is 2.15. The van der Waals surface area contributed by atoms with Crippen molar-refractivity contribution in [2.24, 2.45) is 0 Å². The number of pyridine rings is 1. The molecule has 0 bridgehead atoms. The number of hydrogen-bond acceptors (Lipinski definition) is 4. The van der Waals surface area contributed by atoms with Gasteiger partial charge < -0.3 is 15.0 Å². The Bertz CT molecular complexity index is 383. The number of ether oxygens (including phenoxy) is 1. The van der Waals surface area contributed by atoms with Crippen LogP contribution in [-0.2, 0) is 4.74 Å². The summed E-state index contributed by atoms with van der Waals surface area (Å²) in [6.07, 6.45) is 4.00. The van der Waals surface area contributed by atoms with Crippen molar-refractivity contribution in [2.75, 3.05) is 33.3 Å². The van der Waals surface area contributed by atoms with Crippen molar-refractivity contribution in [3.8, 4) is 0 Å². The van der Waals surface area contributed by atoms with Crippen molar-refractivity contribution in [1.29, 1.82) is 0 Å². The van der Waals surface area contributed by atoms with Crippen LogP contribution in [0.15, 0.2) is 18.5 Å². The summed E-state index contributed by atoms with van der Waals surface area (Å²) >= 11 is 0. The number of nitrogens with one attached hydrogen (secondary N) is 1. The Hall–Kier alpha value is -0.970. The van der Waals surface area contributed by atoms with Crippen LogP contribution >= 0.6 is 0 Å². The van der Waals surface area contributed by atoms with E-state index in [9.17, 15) is 0 Å². The molecule has 0 saturated carbocycles. The summed E-state index contributed by atoms with van der Waals surface area (Å²) < 4.78 is 5.94. The minimum atomic E-state index is 0.201. The molecule has 0 amide bonds. The Morgan fingerprint density at radius 1 is 1.61 bits per heavy atom. The van der Waals surface area contributed by atoms with Crippen LogP contribution in [0.2, 0.25) is 0 Å². The van der Waals surface area contributed by atoms with Gasteiger partial charge in [-0.1, -0.05) is 6.92 Å². The van der Waals surface area contributed by atoms with E-state index < -0.39 is 0 Å². The van der Waals surface area contributed by atoms with Gasteiger partial charge in [0.15, 0.2) is 0 Å². The van der Waals surface area contributed by atoms with Crippen molar-refractivity contribution in [3.05, 3.63) is 29.6 Å². The average Bonchev–Trinajstić information content (AvgIpc) is 2.37. The lowest BCUT2D eigenvalue weighted by molar-refractivity contribution is -0.0391. The van der Waals surface area contributed by atoms with Crippen molar-refractivity contribution in [2.45, 2.75) is 26.0 Å². The second-order valence-corrected chi connectivity index (χ2v) is 4.94. The lowest BCUT2D eigenvalue weighted by Crippen LogP contribution is -2.46. The molecule has 0 spiro atoms. The molecule has 1 saturated heterocycles. The molecule has 1 aromatic rings. The molecule has 2 atom stereocenters. The summed E-state index contributed by atoms with van der Waals surface area (Å²) in [6, 6.07) is 2.29. The SMILES string of the molecule is CCNC(c1cnccc1C)C1CN(C)CCO1. The van der Waals surface area contributed by atoms with E-state index in [-0.39, 0.29) is 12.1 Å². The first-order valence-corrected chi connectivity index (χ1v) is 6.66. The van der Waals surface area contributed by atoms with Crippen LogP contribution in [0.5, 0.6) is 0 Å². The molecule has 1 N–H and O–H groups in total. The third-order valence-electron chi connectivity index (χ3n) is 3.51. The largest absolute Gasteiger partial charge is 0.374 e. The number of aryl methyl sites for hydroxylation is 1. The topological polar surface area (TPSA) is 37.4 Å². The van der Waals surface area contributed by atoms with Gasteiger partial charge in [0.05, 0.1) is 18.8 Å². The molecule has 1 fully saturated rings. The normalized spacial score (nSPS) is 22.9. The van der Waals surface area contributed by atoms with Crippen LogP contribution in [-0.4, -0.2) is 49.3 Å². The van der Waals surface area contributed by atoms with E-state index in [0.717, 1.165) is 26.2 Å². The van der Waals surface area contributed by atoms with Crippen LogP contribution in [0, 0.1) is 6.92 Å². The highest BCUT2D eigenvalue weighted by Crippen LogP contribution is 2.24. The van der Waals surface area contributed by atoms with Crippen LogP contribution in [0.1, 0.15) is 24.1 Å². The quantitative estimate of drug-likeness (QED) is 0.874. The second kappa shape index (κ2) is 6.27. The smallest absolute Gasteiger partial charge is 0.0897 e. The summed E-state index contributed by atoms with van der Waals surface area (Å²) in [4.78, 5) is 6.58. The number of hydrogen-bond donors (Lipinski definition) is 1. The first-order valence-electron chi connectivity index (χ1n) is 6.66. The fourth-order valence-corrected chi connectivity index (χ4v) is 2.48. The lowest BCUT2D eigenvalue weighted by atomic mass is 9.98. The summed E-state index contributed by atoms with van der Waals surface area (Å²) in [6.45, 7) is 7.98. The molecule has 0 aliphatic carbocycles. The first-order chi connectivity index (χ1) is 8.72. The number of rotatable bonds is 4. The van der Waals surface area contributed by atoms with Gasteiger partial charge in [0, 0.05) is 25.5 Å². The van der Waals surface area contributed by atoms with Gasteiger partial charge in [-0.2, -0.15) is 0 Å². The van der Waals surface area contributed by atoms with Gasteiger partial charge in [-0.3, -0.25) is 4.98 Å². The molecule has 2 unspecified atom stereocenters. The minimum absolute atomic E-state index is 0.201. The maximum Gasteiger partial charge on any atom is 0.0897 e. The highest BCUT2D eigenvalue weighted by Gasteiger charge is 2.28. The molecule has 4 heteroatoms. The van der Waals surface area contributed by atoms with E-state index in [2.05, 4.69) is 42.2 Å². The highest BCUT2D eigenvalue weighted by molar-refractivity contribution is 5.26. The Labute approximate surface area is 109 Å². The Kier molecular flexibility index (Phi) is 4.69. The zero-order chi connectivity index (χ0) is 13.0. The first kappa shape index (κ1) is 13.5. The highest BCUT2D eigenvalue weighted by atomic mass is 16.5. The van der Waals surface area contributed by atoms with Crippen LogP contribution in [0.25, 0.3) is 0 Å². The zero-order valence-electron chi connectivity index (χ0n) is 11.5. The minimum Gasteiger partial charge on any atom is -0.374 e. The van der Waals surface area contributed by atoms with Crippen LogP contribution in [0.3, 0.4) is 0 Å². The molecule has 2 heterocycles. The van der Waals surface area contributed by atoms with Crippen molar-refractivity contribution >= 4 is 0 Å². The second-order valence-electron chi connectivity index (χ2n) is 4.94. The van der Waals surface area contributed by atoms with E-state index in [4.69, 9.17) is 4.74 Å². The van der Waals surface area contributed by atoms with E-state index in [1.807, 2.05) is 12.4 Å². The summed E-state index contributed by atoms with van der Waals surface area (Å²) in [5.41, 5.74) is 2.52. The van der Waals surface area contributed by atoms with Gasteiger partial charge >= 0.3 is 0 Å². The van der Waals surface area contributed by atoms with E-state index in [0.29, 0.717) is 0 Å². The predicted octanol–water partition coefficient (Wildman–Crippen LogP) is 1.37. The van der Waals surface area contributed by atoms with Gasteiger partial charge in [-0.25, -0.2) is 0 Å². The molecule has 1 aliphatic heterocycles. The average molecular weight is 249 g/mol. The van der Waals surface area contributed by atoms with Crippen molar-refractivity contribution in [3.63, 3.8) is 0 Å². The number of likely N-dealkylation sites (N-methyl/N-ethyl adjacent to an activating group) is 2. The van der Waals surface area contributed by atoms with Gasteiger partial charge in [0.1, 0.15) is 0 Å². The molecule has 18 heavy (non-hydrogen) atoms. The van der Waals surface area contributed by atoms with Crippen LogP contribution in [0.4, 0.5) is 0 Å². The molecular formula is C14H23N3O. The maximum absolute atomic E-state index is 5.94. The van der Waals surface area contributed by atoms with E-state index >= 15 is 0 Å². The fourth-order valence-electron chi connectivity index (χ4n) is 2.48. The zero-order valence-corrected chi connectivity index (χ0v) is 11.5. The number of morpholine rings is 1. The van der Waals surface area contributed by atoms with Gasteiger partial charge in [-0.15, -0.1) is 0 Å². The van der Waals surface area contributed by atoms with Gasteiger partial charge in [0.25, 0.3) is 0 Å². The number of aromatic nitrogens is 1. The van der Waals surface area contributed by atoms with E-state index in [1.165, 1.54) is 11.1 Å². The van der Waals surface area contributed by atoms with Gasteiger partial charge in [-0.05, 0) is 37.7 Å². The van der Waals surface area contributed by atoms with Crippen molar-refractivity contribution in [1.82, 2.24) is 15.2 Å². The monoisotopic (exact) mass is 249 g/mol. The predicted molar refractivity (Wildman–Crippen MR) is 72.6 cm³/mol. The third kappa shape index (κ3) is 3.07. The molecule has 1 aromatic heterocycles. The Balaban J connectivity index is 2.19. The summed E-state index contributed by atoms with van der Waals surface area (Å²) in [5, 5.41) is 3.54. The van der Waals surface area contributed by atoms with Gasteiger partial charge in [0.2, 0.25) is 0 Å². The third-order valence-corrected chi connectivity index (χ3v) is 3.51. The van der Waals surface area contributed by atoms with Crippen molar-refractivity contribution < 1.29 is 4.74 Å². The van der Waals surface area contributed by atoms with E-state index in [1.54, 1.807) is 0 Å². The molecule has 4 nitrogen and oxygen atoms in total. The van der Waals surface area contributed by atoms with Crippen LogP contribution < -0.4 is 5.32 Å². The molecular weight excluding hydrogens is 226 g/mol. The maximum atomic E-state index is 5.94. The lowest BCUT2D eigenvalue weighted by Gasteiger charge is -2.36. The molecule has 2 rings (SSSR count). The molecule has 0 aromatic carbocycles. The standard InChI is InChI=1S/C14H23N3O/c1-4-16-14(12-9-15-6-5-11(12)2)13-10-17(3)7-8-18-13/h5-6,9,13-14,16H,4,7-8,10H2,1-3H3. The Morgan fingerprint density at radius 3 is 3.11 bits per heavy atom. The summed E-state index contributed by atoms with van der Waals surface area (Å²) in [5.74, 6) is 0. The molecule has 1 aliphatic rings. The molecule has 100 valence electrons. The molecule has 0 radical (unpaired) electrons.